The summed E-state index contributed by atoms with van der Waals surface area (Å²) in [5.41, 5.74) is 0. The number of benzene rings is 1. The molecule has 2 rings (SSSR count). The van der Waals surface area contributed by atoms with Crippen LogP contribution in [0.25, 0.3) is 0 Å². The lowest BCUT2D eigenvalue weighted by Gasteiger charge is -2.07. The molecule has 0 fully saturated rings. The lowest BCUT2D eigenvalue weighted by molar-refractivity contribution is 0.0931. The van der Waals surface area contributed by atoms with E-state index in [9.17, 15) is 4.79 Å². The monoisotopic (exact) mass is 285 g/mol. The van der Waals surface area contributed by atoms with Gasteiger partial charge in [-0.3, -0.25) is 4.79 Å². The Morgan fingerprint density at radius 1 is 1.19 bits per heavy atom. The predicted octanol–water partition coefficient (Wildman–Crippen LogP) is 2.10. The first-order chi connectivity index (χ1) is 10.3. The standard InChI is InChI=1S/C16H15NO4/c1-19-13-7-2-3-8-14(13)20-11-5-4-10-17-16(18)15-9-6-12-21-15/h2-3,6-9,12H,10-11H2,1H3,(H,17,18). The van der Waals surface area contributed by atoms with Crippen molar-refractivity contribution in [3.8, 4) is 23.3 Å². The molecule has 0 atom stereocenters. The van der Waals surface area contributed by atoms with Crippen molar-refractivity contribution in [2.45, 2.75) is 0 Å². The van der Waals surface area contributed by atoms with Crippen LogP contribution in [0.5, 0.6) is 11.5 Å². The normalized spacial score (nSPS) is 9.38. The van der Waals surface area contributed by atoms with Crippen LogP contribution in [-0.2, 0) is 0 Å². The van der Waals surface area contributed by atoms with E-state index < -0.39 is 0 Å². The number of para-hydroxylation sites is 2. The van der Waals surface area contributed by atoms with Crippen molar-refractivity contribution in [2.75, 3.05) is 20.3 Å². The van der Waals surface area contributed by atoms with Crippen LogP contribution in [0, 0.1) is 11.8 Å². The van der Waals surface area contributed by atoms with E-state index in [1.807, 2.05) is 18.2 Å². The molecule has 1 heterocycles. The molecule has 1 aromatic carbocycles. The average Bonchev–Trinajstić information content (AvgIpc) is 3.05. The number of ether oxygens (including phenoxy) is 2. The lowest BCUT2D eigenvalue weighted by Crippen LogP contribution is -2.23. The van der Waals surface area contributed by atoms with Crippen molar-refractivity contribution in [3.05, 3.63) is 48.4 Å². The van der Waals surface area contributed by atoms with Gasteiger partial charge in [-0.05, 0) is 24.3 Å². The zero-order chi connectivity index (χ0) is 14.9. The Morgan fingerprint density at radius 3 is 2.71 bits per heavy atom. The molecule has 0 radical (unpaired) electrons. The third-order valence-electron chi connectivity index (χ3n) is 2.58. The minimum atomic E-state index is -0.292. The van der Waals surface area contributed by atoms with E-state index in [1.165, 1.54) is 6.26 Å². The number of nitrogens with one attached hydrogen (secondary N) is 1. The molecule has 0 saturated heterocycles. The summed E-state index contributed by atoms with van der Waals surface area (Å²) in [5.74, 6) is 6.87. The second-order valence-corrected chi connectivity index (χ2v) is 3.95. The highest BCUT2D eigenvalue weighted by molar-refractivity contribution is 5.91. The van der Waals surface area contributed by atoms with Crippen molar-refractivity contribution in [3.63, 3.8) is 0 Å². The summed E-state index contributed by atoms with van der Waals surface area (Å²) in [5, 5.41) is 2.62. The van der Waals surface area contributed by atoms with E-state index in [2.05, 4.69) is 17.2 Å². The van der Waals surface area contributed by atoms with Gasteiger partial charge in [0.05, 0.1) is 19.9 Å². The molecule has 1 aromatic heterocycles. The molecule has 0 aliphatic heterocycles. The maximum atomic E-state index is 11.5. The molecule has 1 amide bonds. The first kappa shape index (κ1) is 14.5. The van der Waals surface area contributed by atoms with Crippen LogP contribution in [0.2, 0.25) is 0 Å². The number of hydrogen-bond donors (Lipinski definition) is 1. The summed E-state index contributed by atoms with van der Waals surface area (Å²) in [6.07, 6.45) is 1.45. The average molecular weight is 285 g/mol. The molecule has 108 valence electrons. The minimum Gasteiger partial charge on any atom is -0.493 e. The molecule has 0 saturated carbocycles. The van der Waals surface area contributed by atoms with E-state index in [-0.39, 0.29) is 24.8 Å². The maximum absolute atomic E-state index is 11.5. The van der Waals surface area contributed by atoms with Crippen LogP contribution in [0.3, 0.4) is 0 Å². The van der Waals surface area contributed by atoms with Crippen LogP contribution in [0.4, 0.5) is 0 Å². The quantitative estimate of drug-likeness (QED) is 0.855. The Hall–Kier alpha value is -2.87. The van der Waals surface area contributed by atoms with Crippen molar-refractivity contribution in [2.24, 2.45) is 0 Å². The number of methoxy groups -OCH3 is 1. The van der Waals surface area contributed by atoms with Gasteiger partial charge in [-0.25, -0.2) is 0 Å². The highest BCUT2D eigenvalue weighted by Crippen LogP contribution is 2.25. The van der Waals surface area contributed by atoms with Gasteiger partial charge in [0.25, 0.3) is 5.91 Å². The summed E-state index contributed by atoms with van der Waals surface area (Å²) >= 11 is 0. The van der Waals surface area contributed by atoms with Gasteiger partial charge >= 0.3 is 0 Å². The molecular weight excluding hydrogens is 270 g/mol. The topological polar surface area (TPSA) is 60.7 Å². The van der Waals surface area contributed by atoms with Crippen LogP contribution >= 0.6 is 0 Å². The zero-order valence-electron chi connectivity index (χ0n) is 11.6. The van der Waals surface area contributed by atoms with E-state index >= 15 is 0 Å². The van der Waals surface area contributed by atoms with Crippen LogP contribution in [-0.4, -0.2) is 26.2 Å². The maximum Gasteiger partial charge on any atom is 0.287 e. The lowest BCUT2D eigenvalue weighted by atomic mass is 10.3. The molecule has 21 heavy (non-hydrogen) atoms. The Morgan fingerprint density at radius 2 is 2.00 bits per heavy atom. The fraction of sp³-hybridized carbons (Fsp3) is 0.188. The summed E-state index contributed by atoms with van der Waals surface area (Å²) in [7, 11) is 1.58. The Balaban J connectivity index is 1.73. The third-order valence-corrected chi connectivity index (χ3v) is 2.58. The van der Waals surface area contributed by atoms with Crippen LogP contribution < -0.4 is 14.8 Å². The van der Waals surface area contributed by atoms with Gasteiger partial charge in [0.15, 0.2) is 17.3 Å². The number of rotatable bonds is 5. The Kier molecular flexibility index (Phi) is 5.30. The van der Waals surface area contributed by atoms with Gasteiger partial charge in [0.2, 0.25) is 0 Å². The number of carbonyl (C=O) groups excluding carboxylic acids is 1. The first-order valence-corrected chi connectivity index (χ1v) is 6.34. The van der Waals surface area contributed by atoms with Crippen molar-refractivity contribution in [1.82, 2.24) is 5.32 Å². The molecule has 0 spiro atoms. The fourth-order valence-electron chi connectivity index (χ4n) is 1.58. The number of hydrogen-bond acceptors (Lipinski definition) is 4. The summed E-state index contributed by atoms with van der Waals surface area (Å²) in [6.45, 7) is 0.450. The third kappa shape index (κ3) is 4.32. The molecule has 0 aliphatic carbocycles. The molecule has 5 heteroatoms. The van der Waals surface area contributed by atoms with E-state index in [0.29, 0.717) is 11.5 Å². The minimum absolute atomic E-state index is 0.219. The molecule has 1 N–H and O–H groups in total. The summed E-state index contributed by atoms with van der Waals surface area (Å²) in [6, 6.07) is 10.6. The molecule has 0 bridgehead atoms. The first-order valence-electron chi connectivity index (χ1n) is 6.34. The number of carbonyl (C=O) groups is 1. The van der Waals surface area contributed by atoms with Gasteiger partial charge in [-0.1, -0.05) is 24.0 Å². The smallest absolute Gasteiger partial charge is 0.287 e. The van der Waals surface area contributed by atoms with Crippen LogP contribution in [0.1, 0.15) is 10.6 Å². The summed E-state index contributed by atoms with van der Waals surface area (Å²) < 4.78 is 15.6. The highest BCUT2D eigenvalue weighted by Gasteiger charge is 2.05. The molecule has 2 aromatic rings. The zero-order valence-corrected chi connectivity index (χ0v) is 11.6. The van der Waals surface area contributed by atoms with E-state index in [4.69, 9.17) is 13.9 Å². The molecular formula is C16H15NO4. The highest BCUT2D eigenvalue weighted by atomic mass is 16.5. The van der Waals surface area contributed by atoms with Crippen molar-refractivity contribution in [1.29, 1.82) is 0 Å². The van der Waals surface area contributed by atoms with Gasteiger partial charge in [0, 0.05) is 0 Å². The van der Waals surface area contributed by atoms with E-state index in [0.717, 1.165) is 0 Å². The summed E-state index contributed by atoms with van der Waals surface area (Å²) in [4.78, 5) is 11.5. The molecule has 0 unspecified atom stereocenters. The second kappa shape index (κ2) is 7.65. The molecule has 0 aliphatic rings. The Bertz CT molecular complexity index is 638. The molecule has 5 nitrogen and oxygen atoms in total. The van der Waals surface area contributed by atoms with Gasteiger partial charge in [0.1, 0.15) is 6.61 Å². The number of amides is 1. The van der Waals surface area contributed by atoms with Gasteiger partial charge < -0.3 is 19.2 Å². The largest absolute Gasteiger partial charge is 0.493 e. The second-order valence-electron chi connectivity index (χ2n) is 3.95. The van der Waals surface area contributed by atoms with Crippen LogP contribution in [0.15, 0.2) is 47.1 Å². The van der Waals surface area contributed by atoms with Crippen molar-refractivity contribution >= 4 is 5.91 Å². The fourth-order valence-corrected chi connectivity index (χ4v) is 1.58. The SMILES string of the molecule is COc1ccccc1OCC#CCNC(=O)c1ccco1. The van der Waals surface area contributed by atoms with Gasteiger partial charge in [-0.2, -0.15) is 0 Å². The number of furan rings is 1. The predicted molar refractivity (Wildman–Crippen MR) is 77.3 cm³/mol. The van der Waals surface area contributed by atoms with Gasteiger partial charge in [-0.15, -0.1) is 0 Å². The van der Waals surface area contributed by atoms with E-state index in [1.54, 1.807) is 25.3 Å². The van der Waals surface area contributed by atoms with Crippen molar-refractivity contribution < 1.29 is 18.7 Å². The Labute approximate surface area is 122 Å².